The average Bonchev–Trinajstić information content (AvgIpc) is 2.28. The molecule has 0 saturated heterocycles. The lowest BCUT2D eigenvalue weighted by atomic mass is 10.2. The first kappa shape index (κ1) is 12.0. The highest BCUT2D eigenvalue weighted by Gasteiger charge is 2.16. The Morgan fingerprint density at radius 2 is 2.15 bits per heavy atom. The highest BCUT2D eigenvalue weighted by atomic mass is 35.5. The lowest BCUT2D eigenvalue weighted by Crippen LogP contribution is -2.07. The molecule has 0 aliphatic carbocycles. The maximum atomic E-state index is 10.8. The van der Waals surface area contributed by atoms with Crippen molar-refractivity contribution in [3.05, 3.63) is 17.2 Å². The monoisotopic (exact) mass is 204 g/mol. The minimum Gasteiger partial charge on any atom is -0.477 e. The van der Waals surface area contributed by atoms with Crippen molar-refractivity contribution in [1.29, 1.82) is 0 Å². The maximum Gasteiger partial charge on any atom is 0.354 e. The van der Waals surface area contributed by atoms with E-state index in [1.54, 1.807) is 18.5 Å². The zero-order valence-corrected chi connectivity index (χ0v) is 8.68. The molecule has 0 aliphatic rings. The minimum atomic E-state index is -0.907. The Hall–Kier alpha value is -1.03. The van der Waals surface area contributed by atoms with Gasteiger partial charge in [-0.2, -0.15) is 0 Å². The van der Waals surface area contributed by atoms with E-state index >= 15 is 0 Å². The number of nitrogens with zero attached hydrogens (tertiary/aromatic N) is 2. The molecule has 1 N–H and O–H groups in total. The van der Waals surface area contributed by atoms with E-state index in [2.05, 4.69) is 4.98 Å². The molecule has 0 fully saturated rings. The number of carbonyl (C=O) groups is 1. The number of carboxylic acid groups (broad SMARTS) is 1. The van der Waals surface area contributed by atoms with Gasteiger partial charge in [0.1, 0.15) is 11.5 Å². The van der Waals surface area contributed by atoms with Gasteiger partial charge in [0.25, 0.3) is 0 Å². The van der Waals surface area contributed by atoms with E-state index in [0.717, 1.165) is 5.82 Å². The number of aromatic carboxylic acids is 1. The van der Waals surface area contributed by atoms with Crippen molar-refractivity contribution in [3.8, 4) is 0 Å². The summed E-state index contributed by atoms with van der Waals surface area (Å²) in [4.78, 5) is 14.9. The third kappa shape index (κ3) is 2.01. The normalized spacial score (nSPS) is 9.46. The number of aromatic nitrogens is 2. The third-order valence-corrected chi connectivity index (χ3v) is 1.93. The molecular weight excluding hydrogens is 192 g/mol. The first-order chi connectivity index (χ1) is 5.57. The molecule has 0 unspecified atom stereocenters. The molecule has 0 saturated carbocycles. The second kappa shape index (κ2) is 4.28. The van der Waals surface area contributed by atoms with Crippen molar-refractivity contribution in [2.45, 2.75) is 20.3 Å². The molecule has 0 amide bonds. The topological polar surface area (TPSA) is 55.1 Å². The first-order valence-corrected chi connectivity index (χ1v) is 3.83. The molecule has 13 heavy (non-hydrogen) atoms. The quantitative estimate of drug-likeness (QED) is 0.793. The molecule has 0 bridgehead atoms. The highest BCUT2D eigenvalue weighted by Crippen LogP contribution is 2.10. The van der Waals surface area contributed by atoms with Crippen LogP contribution in [0.1, 0.15) is 28.9 Å². The summed E-state index contributed by atoms with van der Waals surface area (Å²) >= 11 is 0. The summed E-state index contributed by atoms with van der Waals surface area (Å²) in [7, 11) is 1.71. The molecule has 0 radical (unpaired) electrons. The molecule has 1 rings (SSSR count). The first-order valence-electron chi connectivity index (χ1n) is 3.83. The van der Waals surface area contributed by atoms with Crippen LogP contribution in [0.2, 0.25) is 0 Å². The summed E-state index contributed by atoms with van der Waals surface area (Å²) in [5.74, 6) is -0.167. The molecule has 1 aromatic heterocycles. The molecule has 4 nitrogen and oxygen atoms in total. The summed E-state index contributed by atoms with van der Waals surface area (Å²) in [5, 5.41) is 8.83. The summed E-state index contributed by atoms with van der Waals surface area (Å²) in [6.45, 7) is 3.69. The molecule has 74 valence electrons. The van der Waals surface area contributed by atoms with E-state index in [1.807, 2.05) is 6.92 Å². The maximum absolute atomic E-state index is 10.8. The Labute approximate surface area is 83.0 Å². The van der Waals surface area contributed by atoms with E-state index in [-0.39, 0.29) is 12.4 Å². The van der Waals surface area contributed by atoms with E-state index in [9.17, 15) is 4.79 Å². The molecular formula is C8H13ClN2O2. The SMILES string of the molecule is CCc1nc(C)n(C)c1C(=O)O.Cl. The molecule has 5 heteroatoms. The summed E-state index contributed by atoms with van der Waals surface area (Å²) in [5.41, 5.74) is 0.956. The number of hydrogen-bond donors (Lipinski definition) is 1. The van der Waals surface area contributed by atoms with E-state index < -0.39 is 5.97 Å². The summed E-state index contributed by atoms with van der Waals surface area (Å²) in [6, 6.07) is 0. The van der Waals surface area contributed by atoms with Gasteiger partial charge < -0.3 is 9.67 Å². The number of hydrogen-bond acceptors (Lipinski definition) is 2. The Morgan fingerprint density at radius 1 is 1.62 bits per heavy atom. The van der Waals surface area contributed by atoms with Crippen molar-refractivity contribution in [2.75, 3.05) is 0 Å². The highest BCUT2D eigenvalue weighted by molar-refractivity contribution is 5.87. The van der Waals surface area contributed by atoms with Gasteiger partial charge in [-0.1, -0.05) is 6.92 Å². The fraction of sp³-hybridized carbons (Fsp3) is 0.500. The van der Waals surface area contributed by atoms with E-state index in [4.69, 9.17) is 5.11 Å². The van der Waals surface area contributed by atoms with Crippen molar-refractivity contribution < 1.29 is 9.90 Å². The molecule has 0 aromatic carbocycles. The van der Waals surface area contributed by atoms with Gasteiger partial charge in [0.15, 0.2) is 0 Å². The summed E-state index contributed by atoms with van der Waals surface area (Å²) in [6.07, 6.45) is 0.656. The van der Waals surface area contributed by atoms with Gasteiger partial charge in [-0.15, -0.1) is 12.4 Å². The van der Waals surface area contributed by atoms with Crippen LogP contribution in [0.3, 0.4) is 0 Å². The van der Waals surface area contributed by atoms with Gasteiger partial charge in [0, 0.05) is 7.05 Å². The van der Waals surface area contributed by atoms with E-state index in [0.29, 0.717) is 17.8 Å². The van der Waals surface area contributed by atoms with Crippen LogP contribution >= 0.6 is 12.4 Å². The van der Waals surface area contributed by atoms with Gasteiger partial charge in [-0.25, -0.2) is 9.78 Å². The smallest absolute Gasteiger partial charge is 0.354 e. The van der Waals surface area contributed by atoms with Crippen LogP contribution in [-0.2, 0) is 13.5 Å². The van der Waals surface area contributed by atoms with Crippen LogP contribution in [0.5, 0.6) is 0 Å². The van der Waals surface area contributed by atoms with Crippen molar-refractivity contribution in [3.63, 3.8) is 0 Å². The minimum absolute atomic E-state index is 0. The lowest BCUT2D eigenvalue weighted by molar-refractivity contribution is 0.0685. The average molecular weight is 205 g/mol. The van der Waals surface area contributed by atoms with Crippen LogP contribution in [-0.4, -0.2) is 20.6 Å². The number of imidazole rings is 1. The number of aryl methyl sites for hydroxylation is 2. The summed E-state index contributed by atoms with van der Waals surface area (Å²) < 4.78 is 1.60. The number of carboxylic acids is 1. The van der Waals surface area contributed by atoms with Crippen LogP contribution in [0.25, 0.3) is 0 Å². The van der Waals surface area contributed by atoms with Crippen LogP contribution in [0, 0.1) is 6.92 Å². The second-order valence-electron chi connectivity index (χ2n) is 2.67. The fourth-order valence-electron chi connectivity index (χ4n) is 1.19. The Kier molecular flexibility index (Phi) is 3.94. The van der Waals surface area contributed by atoms with Gasteiger partial charge in [-0.3, -0.25) is 0 Å². The van der Waals surface area contributed by atoms with Crippen LogP contribution in [0.4, 0.5) is 0 Å². The Morgan fingerprint density at radius 3 is 2.46 bits per heavy atom. The zero-order chi connectivity index (χ0) is 9.30. The number of halogens is 1. The standard InChI is InChI=1S/C8H12N2O2.ClH/c1-4-6-7(8(11)12)10(3)5(2)9-6;/h4H2,1-3H3,(H,11,12);1H. The zero-order valence-electron chi connectivity index (χ0n) is 7.87. The van der Waals surface area contributed by atoms with Crippen molar-refractivity contribution in [1.82, 2.24) is 9.55 Å². The molecule has 1 heterocycles. The predicted octanol–water partition coefficient (Wildman–Crippen LogP) is 1.41. The molecule has 0 atom stereocenters. The van der Waals surface area contributed by atoms with Gasteiger partial charge in [0.2, 0.25) is 0 Å². The second-order valence-corrected chi connectivity index (χ2v) is 2.67. The molecule has 0 spiro atoms. The van der Waals surface area contributed by atoms with E-state index in [1.165, 1.54) is 0 Å². The van der Waals surface area contributed by atoms with Gasteiger partial charge >= 0.3 is 5.97 Å². The van der Waals surface area contributed by atoms with Crippen LogP contribution < -0.4 is 0 Å². The largest absolute Gasteiger partial charge is 0.477 e. The van der Waals surface area contributed by atoms with Crippen LogP contribution in [0.15, 0.2) is 0 Å². The molecule has 0 aliphatic heterocycles. The van der Waals surface area contributed by atoms with Gasteiger partial charge in [-0.05, 0) is 13.3 Å². The van der Waals surface area contributed by atoms with Crippen molar-refractivity contribution in [2.24, 2.45) is 7.05 Å². The Balaban J connectivity index is 0.00000144. The fourth-order valence-corrected chi connectivity index (χ4v) is 1.19. The van der Waals surface area contributed by atoms with Gasteiger partial charge in [0.05, 0.1) is 5.69 Å². The Bertz CT molecular complexity index is 320. The third-order valence-electron chi connectivity index (χ3n) is 1.93. The molecule has 1 aromatic rings. The van der Waals surface area contributed by atoms with Crippen molar-refractivity contribution >= 4 is 18.4 Å². The predicted molar refractivity (Wildman–Crippen MR) is 51.5 cm³/mol. The lowest BCUT2D eigenvalue weighted by Gasteiger charge is -1.98. The number of rotatable bonds is 2.